The summed E-state index contributed by atoms with van der Waals surface area (Å²) < 4.78 is 5.17. The minimum Gasteiger partial charge on any atom is -0.497 e. The van der Waals surface area contributed by atoms with Crippen LogP contribution in [0.25, 0.3) is 10.9 Å². The number of nitrogens with two attached hydrogens (primary N) is 1. The number of para-hydroxylation sites is 1. The first-order valence-corrected chi connectivity index (χ1v) is 7.30. The van der Waals surface area contributed by atoms with Crippen molar-refractivity contribution in [2.45, 2.75) is 13.0 Å². The number of aryl methyl sites for hydroxylation is 1. The Morgan fingerprint density at radius 3 is 2.50 bits per heavy atom. The number of ether oxygens (including phenoxy) is 1. The number of fused-ring (bicyclic) bond motifs is 1. The van der Waals surface area contributed by atoms with Crippen LogP contribution in [0.4, 0.5) is 0 Å². The summed E-state index contributed by atoms with van der Waals surface area (Å²) in [4.78, 5) is 8.68. The molecule has 0 amide bonds. The van der Waals surface area contributed by atoms with Gasteiger partial charge < -0.3 is 10.5 Å². The summed E-state index contributed by atoms with van der Waals surface area (Å²) in [7, 11) is 1.63. The molecule has 22 heavy (non-hydrogen) atoms. The van der Waals surface area contributed by atoms with Gasteiger partial charge in [-0.25, -0.2) is 9.97 Å². The molecule has 1 atom stereocenters. The largest absolute Gasteiger partial charge is 0.497 e. The van der Waals surface area contributed by atoms with Crippen LogP contribution in [0.3, 0.4) is 0 Å². The highest BCUT2D eigenvalue weighted by Crippen LogP contribution is 2.28. The van der Waals surface area contributed by atoms with Gasteiger partial charge in [0.2, 0.25) is 5.28 Å². The summed E-state index contributed by atoms with van der Waals surface area (Å²) >= 11 is 6.08. The quantitative estimate of drug-likeness (QED) is 0.750. The molecular formula is C17H16ClN3O. The van der Waals surface area contributed by atoms with Crippen LogP contribution in [0, 0.1) is 6.92 Å². The van der Waals surface area contributed by atoms with E-state index in [9.17, 15) is 0 Å². The van der Waals surface area contributed by atoms with Crippen LogP contribution in [0.15, 0.2) is 42.5 Å². The molecule has 0 aliphatic carbocycles. The minimum atomic E-state index is -0.379. The second-order valence-corrected chi connectivity index (χ2v) is 5.44. The zero-order valence-electron chi connectivity index (χ0n) is 12.4. The molecule has 5 heteroatoms. The lowest BCUT2D eigenvalue weighted by Crippen LogP contribution is -2.15. The predicted octanol–water partition coefficient (Wildman–Crippen LogP) is 3.65. The van der Waals surface area contributed by atoms with E-state index in [0.29, 0.717) is 0 Å². The Bertz CT molecular complexity index is 818. The summed E-state index contributed by atoms with van der Waals surface area (Å²) in [5.74, 6) is 0.789. The van der Waals surface area contributed by atoms with Gasteiger partial charge in [-0.2, -0.15) is 0 Å². The molecular weight excluding hydrogens is 298 g/mol. The fourth-order valence-corrected chi connectivity index (χ4v) is 2.67. The van der Waals surface area contributed by atoms with Crippen molar-refractivity contribution in [2.24, 2.45) is 5.73 Å². The molecule has 0 saturated heterocycles. The standard InChI is InChI=1S/C17H16ClN3O/c1-10-4-3-5-13-15(10)20-17(18)21-16(13)14(19)11-6-8-12(22-2)9-7-11/h3-9,14H,19H2,1-2H3. The van der Waals surface area contributed by atoms with Crippen molar-refractivity contribution in [1.82, 2.24) is 9.97 Å². The summed E-state index contributed by atoms with van der Waals surface area (Å²) in [5.41, 5.74) is 9.95. The van der Waals surface area contributed by atoms with Crippen molar-refractivity contribution in [3.8, 4) is 5.75 Å². The molecule has 1 heterocycles. The van der Waals surface area contributed by atoms with E-state index >= 15 is 0 Å². The van der Waals surface area contributed by atoms with Gasteiger partial charge >= 0.3 is 0 Å². The highest BCUT2D eigenvalue weighted by Gasteiger charge is 2.16. The third-order valence-corrected chi connectivity index (χ3v) is 3.87. The number of hydrogen-bond donors (Lipinski definition) is 1. The third-order valence-electron chi connectivity index (χ3n) is 3.70. The van der Waals surface area contributed by atoms with Crippen LogP contribution in [-0.2, 0) is 0 Å². The maximum Gasteiger partial charge on any atom is 0.223 e. The zero-order valence-corrected chi connectivity index (χ0v) is 13.1. The molecule has 0 spiro atoms. The lowest BCUT2D eigenvalue weighted by atomic mass is 10.00. The third kappa shape index (κ3) is 2.63. The van der Waals surface area contributed by atoms with Gasteiger partial charge in [-0.1, -0.05) is 30.3 Å². The molecule has 0 bridgehead atoms. The molecule has 0 fully saturated rings. The van der Waals surface area contributed by atoms with E-state index in [-0.39, 0.29) is 11.3 Å². The van der Waals surface area contributed by atoms with Gasteiger partial charge in [-0.15, -0.1) is 0 Å². The highest BCUT2D eigenvalue weighted by molar-refractivity contribution is 6.28. The Kier molecular flexibility index (Phi) is 3.96. The molecule has 3 rings (SSSR count). The van der Waals surface area contributed by atoms with Gasteiger partial charge in [-0.3, -0.25) is 0 Å². The Labute approximate surface area is 133 Å². The van der Waals surface area contributed by atoms with Crippen LogP contribution in [0.2, 0.25) is 5.28 Å². The van der Waals surface area contributed by atoms with Gasteiger partial charge in [0.05, 0.1) is 24.4 Å². The lowest BCUT2D eigenvalue weighted by Gasteiger charge is -2.15. The smallest absolute Gasteiger partial charge is 0.223 e. The van der Waals surface area contributed by atoms with Crippen molar-refractivity contribution < 1.29 is 4.74 Å². The summed E-state index contributed by atoms with van der Waals surface area (Å²) in [6.45, 7) is 1.99. The number of hydrogen-bond acceptors (Lipinski definition) is 4. The van der Waals surface area contributed by atoms with Gasteiger partial charge in [0, 0.05) is 5.39 Å². The summed E-state index contributed by atoms with van der Waals surface area (Å²) in [6, 6.07) is 13.2. The van der Waals surface area contributed by atoms with Gasteiger partial charge in [0.25, 0.3) is 0 Å². The number of benzene rings is 2. The highest BCUT2D eigenvalue weighted by atomic mass is 35.5. The van der Waals surface area contributed by atoms with E-state index in [0.717, 1.165) is 33.5 Å². The monoisotopic (exact) mass is 313 g/mol. The normalized spacial score (nSPS) is 12.4. The van der Waals surface area contributed by atoms with Crippen molar-refractivity contribution in [3.05, 3.63) is 64.6 Å². The minimum absolute atomic E-state index is 0.209. The summed E-state index contributed by atoms with van der Waals surface area (Å²) in [5, 5.41) is 1.13. The van der Waals surface area contributed by atoms with E-state index in [1.165, 1.54) is 0 Å². The molecule has 1 unspecified atom stereocenters. The van der Waals surface area contributed by atoms with E-state index in [4.69, 9.17) is 22.1 Å². The Morgan fingerprint density at radius 2 is 1.82 bits per heavy atom. The predicted molar refractivity (Wildman–Crippen MR) is 88.3 cm³/mol. The Morgan fingerprint density at radius 1 is 1.09 bits per heavy atom. The van der Waals surface area contributed by atoms with Crippen molar-refractivity contribution in [1.29, 1.82) is 0 Å². The van der Waals surface area contributed by atoms with Crippen molar-refractivity contribution in [2.75, 3.05) is 7.11 Å². The fourth-order valence-electron chi connectivity index (χ4n) is 2.50. The van der Waals surface area contributed by atoms with Gasteiger partial charge in [0.15, 0.2) is 0 Å². The average molecular weight is 314 g/mol. The second kappa shape index (κ2) is 5.91. The number of nitrogens with zero attached hydrogens (tertiary/aromatic N) is 2. The van der Waals surface area contributed by atoms with Crippen LogP contribution in [-0.4, -0.2) is 17.1 Å². The van der Waals surface area contributed by atoms with Gasteiger partial charge in [-0.05, 0) is 41.8 Å². The molecule has 0 aliphatic rings. The average Bonchev–Trinajstić information content (AvgIpc) is 2.54. The van der Waals surface area contributed by atoms with Crippen molar-refractivity contribution >= 4 is 22.5 Å². The SMILES string of the molecule is COc1ccc(C(N)c2nc(Cl)nc3c(C)cccc23)cc1. The maximum absolute atomic E-state index is 6.40. The lowest BCUT2D eigenvalue weighted by molar-refractivity contribution is 0.414. The van der Waals surface area contributed by atoms with E-state index in [1.807, 2.05) is 49.4 Å². The van der Waals surface area contributed by atoms with E-state index in [2.05, 4.69) is 9.97 Å². The molecule has 3 aromatic rings. The number of halogens is 1. The Balaban J connectivity index is 2.13. The van der Waals surface area contributed by atoms with Crippen molar-refractivity contribution in [3.63, 3.8) is 0 Å². The van der Waals surface area contributed by atoms with Crippen LogP contribution < -0.4 is 10.5 Å². The number of aromatic nitrogens is 2. The fraction of sp³-hybridized carbons (Fsp3) is 0.176. The molecule has 1 aromatic heterocycles. The molecule has 4 nitrogen and oxygen atoms in total. The first-order chi connectivity index (χ1) is 10.6. The molecule has 0 radical (unpaired) electrons. The van der Waals surface area contributed by atoms with Gasteiger partial charge in [0.1, 0.15) is 5.75 Å². The van der Waals surface area contributed by atoms with Crippen LogP contribution in [0.5, 0.6) is 5.75 Å². The first kappa shape index (κ1) is 14.8. The summed E-state index contributed by atoms with van der Waals surface area (Å²) in [6.07, 6.45) is 0. The zero-order chi connectivity index (χ0) is 15.7. The second-order valence-electron chi connectivity index (χ2n) is 5.10. The molecule has 2 aromatic carbocycles. The van der Waals surface area contributed by atoms with Crippen LogP contribution >= 0.6 is 11.6 Å². The maximum atomic E-state index is 6.40. The van der Waals surface area contributed by atoms with E-state index in [1.54, 1.807) is 7.11 Å². The molecule has 0 saturated carbocycles. The topological polar surface area (TPSA) is 61.0 Å². The molecule has 0 aliphatic heterocycles. The number of methoxy groups -OCH3 is 1. The molecule has 112 valence electrons. The van der Waals surface area contributed by atoms with Crippen LogP contribution in [0.1, 0.15) is 22.9 Å². The Hall–Kier alpha value is -2.17. The first-order valence-electron chi connectivity index (χ1n) is 6.92. The van der Waals surface area contributed by atoms with E-state index < -0.39 is 0 Å². The number of rotatable bonds is 3. The molecule has 2 N–H and O–H groups in total.